The van der Waals surface area contributed by atoms with E-state index in [9.17, 15) is 4.79 Å². The number of hydrogen-bond acceptors (Lipinski definition) is 3. The van der Waals surface area contributed by atoms with E-state index in [1.807, 2.05) is 0 Å². The highest BCUT2D eigenvalue weighted by atomic mass is 32.1. The normalized spacial score (nSPS) is 21.6. The van der Waals surface area contributed by atoms with Crippen LogP contribution in [0.1, 0.15) is 36.1 Å². The lowest BCUT2D eigenvalue weighted by molar-refractivity contribution is 0.247. The van der Waals surface area contributed by atoms with E-state index in [0.717, 1.165) is 16.1 Å². The van der Waals surface area contributed by atoms with Gasteiger partial charge in [-0.15, -0.1) is 11.3 Å². The van der Waals surface area contributed by atoms with Gasteiger partial charge < -0.3 is 10.6 Å². The highest BCUT2D eigenvalue weighted by Crippen LogP contribution is 2.41. The molecule has 1 atom stereocenters. The molecule has 2 aromatic rings. The summed E-state index contributed by atoms with van der Waals surface area (Å²) in [7, 11) is 0. The summed E-state index contributed by atoms with van der Waals surface area (Å²) in [4.78, 5) is 15.9. The van der Waals surface area contributed by atoms with Gasteiger partial charge in [-0.05, 0) is 18.4 Å². The Morgan fingerprint density at radius 1 is 1.20 bits per heavy atom. The molecule has 2 aliphatic rings. The van der Waals surface area contributed by atoms with Crippen molar-refractivity contribution in [3.63, 3.8) is 0 Å². The van der Waals surface area contributed by atoms with Crippen LogP contribution in [0.2, 0.25) is 0 Å². The summed E-state index contributed by atoms with van der Waals surface area (Å²) in [6, 6.07) is 8.32. The smallest absolute Gasteiger partial charge is 0.315 e. The minimum Gasteiger partial charge on any atom is -0.336 e. The number of benzene rings is 1. The van der Waals surface area contributed by atoms with Gasteiger partial charge in [0.1, 0.15) is 5.01 Å². The first-order valence-corrected chi connectivity index (χ1v) is 7.78. The fourth-order valence-corrected chi connectivity index (χ4v) is 3.41. The van der Waals surface area contributed by atoms with Gasteiger partial charge in [0.15, 0.2) is 0 Å². The summed E-state index contributed by atoms with van der Waals surface area (Å²) in [6.45, 7) is 0.654. The molecule has 1 aliphatic heterocycles. The number of nitrogens with one attached hydrogen (secondary N) is 2. The average Bonchev–Trinajstić information content (AvgIpc) is 3.04. The fraction of sp³-hybridized carbons (Fsp3) is 0.333. The Morgan fingerprint density at radius 2 is 2.00 bits per heavy atom. The Morgan fingerprint density at radius 3 is 2.65 bits per heavy atom. The molecule has 1 saturated heterocycles. The molecule has 0 bridgehead atoms. The summed E-state index contributed by atoms with van der Waals surface area (Å²) in [6.07, 6.45) is 2.58. The van der Waals surface area contributed by atoms with E-state index in [1.54, 1.807) is 11.3 Å². The van der Waals surface area contributed by atoms with E-state index in [1.165, 1.54) is 18.5 Å². The highest BCUT2D eigenvalue weighted by molar-refractivity contribution is 7.13. The molecule has 2 fully saturated rings. The second-order valence-corrected chi connectivity index (χ2v) is 6.24. The van der Waals surface area contributed by atoms with Crippen molar-refractivity contribution in [1.29, 1.82) is 0 Å². The molecule has 102 valence electrons. The van der Waals surface area contributed by atoms with Crippen molar-refractivity contribution in [2.24, 2.45) is 0 Å². The second-order valence-electron chi connectivity index (χ2n) is 5.38. The summed E-state index contributed by atoms with van der Waals surface area (Å²) in [5, 5.41) is 8.94. The minimum atomic E-state index is -0.0897. The summed E-state index contributed by atoms with van der Waals surface area (Å²) >= 11 is 1.72. The maximum atomic E-state index is 11.2. The Balaban J connectivity index is 1.55. The fourth-order valence-electron chi connectivity index (χ4n) is 2.50. The number of thiazole rings is 1. The highest BCUT2D eigenvalue weighted by Gasteiger charge is 2.26. The van der Waals surface area contributed by atoms with Gasteiger partial charge in [-0.1, -0.05) is 24.3 Å². The Labute approximate surface area is 121 Å². The largest absolute Gasteiger partial charge is 0.336 e. The summed E-state index contributed by atoms with van der Waals surface area (Å²) in [5.41, 5.74) is 3.54. The lowest BCUT2D eigenvalue weighted by Crippen LogP contribution is -2.21. The summed E-state index contributed by atoms with van der Waals surface area (Å²) < 4.78 is 0. The van der Waals surface area contributed by atoms with Gasteiger partial charge in [-0.3, -0.25) is 0 Å². The first-order chi connectivity index (χ1) is 9.79. The van der Waals surface area contributed by atoms with Crippen molar-refractivity contribution in [1.82, 2.24) is 15.6 Å². The number of rotatable bonds is 3. The topological polar surface area (TPSA) is 54.0 Å². The maximum Gasteiger partial charge on any atom is 0.315 e. The van der Waals surface area contributed by atoms with Gasteiger partial charge in [0.25, 0.3) is 0 Å². The molecule has 5 heteroatoms. The van der Waals surface area contributed by atoms with Crippen LogP contribution < -0.4 is 10.6 Å². The molecule has 20 heavy (non-hydrogen) atoms. The second kappa shape index (κ2) is 4.59. The Kier molecular flexibility index (Phi) is 2.73. The molecule has 4 nitrogen and oxygen atoms in total. The number of hydrogen-bond donors (Lipinski definition) is 2. The SMILES string of the molecule is O=C1NCC(c2ccc(-c3nc(C4CC4)cs3)cc2)N1. The monoisotopic (exact) mass is 285 g/mol. The Bertz CT molecular complexity index is 645. The van der Waals surface area contributed by atoms with Crippen LogP contribution in [0.15, 0.2) is 29.6 Å². The van der Waals surface area contributed by atoms with Crippen LogP contribution in [-0.2, 0) is 0 Å². The molecule has 1 aromatic heterocycles. The Hall–Kier alpha value is -1.88. The van der Waals surface area contributed by atoms with Crippen molar-refractivity contribution >= 4 is 17.4 Å². The van der Waals surface area contributed by atoms with Crippen LogP contribution in [0.3, 0.4) is 0 Å². The van der Waals surface area contributed by atoms with Crippen LogP contribution in [0, 0.1) is 0 Å². The third kappa shape index (κ3) is 2.18. The van der Waals surface area contributed by atoms with E-state index >= 15 is 0 Å². The number of aromatic nitrogens is 1. The van der Waals surface area contributed by atoms with Crippen LogP contribution >= 0.6 is 11.3 Å². The van der Waals surface area contributed by atoms with Gasteiger partial charge in [0.2, 0.25) is 0 Å². The van der Waals surface area contributed by atoms with Gasteiger partial charge in [-0.2, -0.15) is 0 Å². The summed E-state index contributed by atoms with van der Waals surface area (Å²) in [5.74, 6) is 0.707. The predicted molar refractivity (Wildman–Crippen MR) is 78.8 cm³/mol. The van der Waals surface area contributed by atoms with Crippen molar-refractivity contribution < 1.29 is 4.79 Å². The molecule has 1 aliphatic carbocycles. The maximum absolute atomic E-state index is 11.2. The van der Waals surface area contributed by atoms with Crippen LogP contribution in [0.5, 0.6) is 0 Å². The van der Waals surface area contributed by atoms with Crippen molar-refractivity contribution in [3.05, 3.63) is 40.9 Å². The minimum absolute atomic E-state index is 0.0786. The number of urea groups is 1. The molecule has 1 aromatic carbocycles. The van der Waals surface area contributed by atoms with Gasteiger partial charge in [0, 0.05) is 23.4 Å². The van der Waals surface area contributed by atoms with Gasteiger partial charge >= 0.3 is 6.03 Å². The molecule has 2 heterocycles. The van der Waals surface area contributed by atoms with E-state index in [2.05, 4.69) is 40.3 Å². The number of carbonyl (C=O) groups is 1. The molecule has 0 spiro atoms. The predicted octanol–water partition coefficient (Wildman–Crippen LogP) is 3.04. The lowest BCUT2D eigenvalue weighted by Gasteiger charge is -2.09. The first kappa shape index (κ1) is 11.9. The van der Waals surface area contributed by atoms with E-state index in [0.29, 0.717) is 12.5 Å². The molecular weight excluding hydrogens is 270 g/mol. The van der Waals surface area contributed by atoms with Gasteiger partial charge in [0.05, 0.1) is 11.7 Å². The van der Waals surface area contributed by atoms with Crippen molar-refractivity contribution in [3.8, 4) is 10.6 Å². The first-order valence-electron chi connectivity index (χ1n) is 6.90. The zero-order chi connectivity index (χ0) is 13.5. The lowest BCUT2D eigenvalue weighted by atomic mass is 10.1. The van der Waals surface area contributed by atoms with Crippen molar-refractivity contribution in [2.45, 2.75) is 24.8 Å². The molecule has 2 N–H and O–H groups in total. The van der Waals surface area contributed by atoms with Crippen LogP contribution in [-0.4, -0.2) is 17.6 Å². The van der Waals surface area contributed by atoms with E-state index in [4.69, 9.17) is 4.98 Å². The van der Waals surface area contributed by atoms with Crippen molar-refractivity contribution in [2.75, 3.05) is 6.54 Å². The molecule has 2 amide bonds. The third-order valence-electron chi connectivity index (χ3n) is 3.85. The zero-order valence-corrected chi connectivity index (χ0v) is 11.7. The average molecular weight is 285 g/mol. The van der Waals surface area contributed by atoms with E-state index < -0.39 is 0 Å². The molecule has 1 unspecified atom stereocenters. The zero-order valence-electron chi connectivity index (χ0n) is 10.9. The molecular formula is C15H15N3OS. The van der Waals surface area contributed by atoms with Crippen LogP contribution in [0.4, 0.5) is 4.79 Å². The number of carbonyl (C=O) groups excluding carboxylic acids is 1. The standard InChI is InChI=1S/C15H15N3OS/c19-15-16-7-12(18-15)9-3-5-11(6-4-9)14-17-13(8-20-14)10-1-2-10/h3-6,8,10,12H,1-2,7H2,(H2,16,18,19). The molecule has 1 saturated carbocycles. The molecule has 4 rings (SSSR count). The molecule has 0 radical (unpaired) electrons. The third-order valence-corrected chi connectivity index (χ3v) is 4.76. The van der Waals surface area contributed by atoms with Gasteiger partial charge in [-0.25, -0.2) is 9.78 Å². The quantitative estimate of drug-likeness (QED) is 0.910. The number of amides is 2. The van der Waals surface area contributed by atoms with E-state index in [-0.39, 0.29) is 12.1 Å². The van der Waals surface area contributed by atoms with Crippen LogP contribution in [0.25, 0.3) is 10.6 Å². The number of nitrogens with zero attached hydrogens (tertiary/aromatic N) is 1.